The van der Waals surface area contributed by atoms with Gasteiger partial charge in [0.2, 0.25) is 0 Å². The van der Waals surface area contributed by atoms with E-state index in [1.807, 2.05) is 35.2 Å². The van der Waals surface area contributed by atoms with Crippen molar-refractivity contribution < 1.29 is 32.2 Å². The van der Waals surface area contributed by atoms with E-state index in [4.69, 9.17) is 4.74 Å². The highest BCUT2D eigenvalue weighted by Gasteiger charge is 2.32. The van der Waals surface area contributed by atoms with Crippen molar-refractivity contribution in [2.24, 2.45) is 0 Å². The second kappa shape index (κ2) is 11.8. The van der Waals surface area contributed by atoms with E-state index in [0.29, 0.717) is 41.8 Å². The molecule has 2 N–H and O–H groups in total. The normalized spacial score (nSPS) is 14.8. The van der Waals surface area contributed by atoms with Crippen molar-refractivity contribution in [1.29, 1.82) is 0 Å². The molecule has 0 spiro atoms. The van der Waals surface area contributed by atoms with Gasteiger partial charge in [-0.05, 0) is 48.6 Å². The molecule has 0 fully saturated rings. The second-order valence-corrected chi connectivity index (χ2v) is 9.64. The quantitative estimate of drug-likeness (QED) is 0.296. The molecule has 9 nitrogen and oxygen atoms in total. The molecular weight excluding hydrogens is 539 g/mol. The van der Waals surface area contributed by atoms with Crippen LogP contribution < -0.4 is 20.3 Å². The summed E-state index contributed by atoms with van der Waals surface area (Å²) in [5, 5.41) is 10.4. The molecule has 12 heteroatoms. The summed E-state index contributed by atoms with van der Waals surface area (Å²) < 4.78 is 48.7. The highest BCUT2D eigenvalue weighted by molar-refractivity contribution is 6.02. The minimum atomic E-state index is -4.79. The molecule has 2 heterocycles. The van der Waals surface area contributed by atoms with Gasteiger partial charge in [0.1, 0.15) is 5.75 Å². The van der Waals surface area contributed by atoms with Crippen LogP contribution in [0.1, 0.15) is 17.5 Å². The first-order valence-electron chi connectivity index (χ1n) is 13.0. The Morgan fingerprint density at radius 1 is 1.07 bits per heavy atom. The van der Waals surface area contributed by atoms with Crippen LogP contribution in [0.3, 0.4) is 0 Å². The summed E-state index contributed by atoms with van der Waals surface area (Å²) in [6, 6.07) is 18.5. The third-order valence-corrected chi connectivity index (χ3v) is 6.82. The van der Waals surface area contributed by atoms with E-state index in [2.05, 4.69) is 20.5 Å². The Hall–Kier alpha value is -4.74. The van der Waals surface area contributed by atoms with E-state index < -0.39 is 18.5 Å². The predicted octanol–water partition coefficient (Wildman–Crippen LogP) is 5.74. The lowest BCUT2D eigenvalue weighted by Crippen LogP contribution is -2.49. The maximum absolute atomic E-state index is 13.0. The number of fused-ring (bicyclic) bond motifs is 2. The summed E-state index contributed by atoms with van der Waals surface area (Å²) in [5.74, 6) is -0.283. The smallest absolute Gasteiger partial charge is 0.451 e. The molecule has 4 aromatic rings. The van der Waals surface area contributed by atoms with Crippen LogP contribution in [0.5, 0.6) is 5.75 Å². The van der Waals surface area contributed by atoms with Gasteiger partial charge in [-0.1, -0.05) is 42.5 Å². The largest absolute Gasteiger partial charge is 0.573 e. The molecule has 3 aromatic carbocycles. The number of nitrogens with zero attached hydrogens (tertiary/aromatic N) is 3. The Kier molecular flexibility index (Phi) is 7.99. The first kappa shape index (κ1) is 27.8. The van der Waals surface area contributed by atoms with Crippen LogP contribution >= 0.6 is 0 Å². The van der Waals surface area contributed by atoms with Gasteiger partial charge in [0.05, 0.1) is 30.6 Å². The number of nitrogens with one attached hydrogen (secondary N) is 2. The number of carbonyl (C=O) groups excluding carboxylic acids is 2. The van der Waals surface area contributed by atoms with Crippen molar-refractivity contribution in [3.8, 4) is 5.75 Å². The number of carbonyl (C=O) groups is 2. The summed E-state index contributed by atoms with van der Waals surface area (Å²) in [6.07, 6.45) is -1.99. The Bertz CT molecular complexity index is 1540. The highest BCUT2D eigenvalue weighted by atomic mass is 19.4. The van der Waals surface area contributed by atoms with Crippen LogP contribution in [0.4, 0.5) is 34.1 Å². The molecule has 1 aromatic heterocycles. The zero-order chi connectivity index (χ0) is 29.0. The molecule has 0 radical (unpaired) electrons. The average Bonchev–Trinajstić information content (AvgIpc) is 3.38. The highest BCUT2D eigenvalue weighted by Crippen LogP contribution is 2.34. The molecule has 1 aliphatic heterocycles. The fraction of sp³-hybridized carbons (Fsp3) is 0.276. The second-order valence-electron chi connectivity index (χ2n) is 9.64. The third kappa shape index (κ3) is 6.71. The number of hydrogen-bond acceptors (Lipinski definition) is 6. The maximum Gasteiger partial charge on any atom is 0.573 e. The Labute approximate surface area is 233 Å². The molecule has 0 saturated heterocycles. The van der Waals surface area contributed by atoms with Gasteiger partial charge >= 0.3 is 18.5 Å². The van der Waals surface area contributed by atoms with E-state index in [-0.39, 0.29) is 11.8 Å². The molecule has 2 amide bonds. The molecule has 5 rings (SSSR count). The monoisotopic (exact) mass is 567 g/mol. The number of ether oxygens (including phenoxy) is 2. The van der Waals surface area contributed by atoms with Gasteiger partial charge in [-0.25, -0.2) is 9.59 Å². The van der Waals surface area contributed by atoms with Gasteiger partial charge in [0, 0.05) is 30.2 Å². The molecule has 0 aliphatic carbocycles. The van der Waals surface area contributed by atoms with Crippen LogP contribution in [0.25, 0.3) is 10.9 Å². The van der Waals surface area contributed by atoms with E-state index in [1.165, 1.54) is 25.4 Å². The number of urea groups is 1. The summed E-state index contributed by atoms with van der Waals surface area (Å²) in [6.45, 7) is 0.971. The fourth-order valence-electron chi connectivity index (χ4n) is 5.07. The summed E-state index contributed by atoms with van der Waals surface area (Å²) >= 11 is 0. The van der Waals surface area contributed by atoms with E-state index in [9.17, 15) is 22.8 Å². The lowest BCUT2D eigenvalue weighted by Gasteiger charge is -2.37. The fourth-order valence-corrected chi connectivity index (χ4v) is 5.07. The lowest BCUT2D eigenvalue weighted by molar-refractivity contribution is -0.274. The number of benzene rings is 3. The van der Waals surface area contributed by atoms with Crippen LogP contribution in [0.2, 0.25) is 0 Å². The van der Waals surface area contributed by atoms with Gasteiger partial charge in [-0.2, -0.15) is 9.78 Å². The topological polar surface area (TPSA) is 97.7 Å². The first-order chi connectivity index (χ1) is 19.7. The maximum atomic E-state index is 13.0. The number of methoxy groups -OCH3 is 1. The Morgan fingerprint density at radius 2 is 1.88 bits per heavy atom. The van der Waals surface area contributed by atoms with Gasteiger partial charge < -0.3 is 25.0 Å². The van der Waals surface area contributed by atoms with E-state index in [0.717, 1.165) is 28.7 Å². The van der Waals surface area contributed by atoms with Crippen molar-refractivity contribution >= 4 is 34.4 Å². The molecule has 214 valence electrons. The van der Waals surface area contributed by atoms with Crippen molar-refractivity contribution in [2.45, 2.75) is 31.7 Å². The minimum Gasteiger partial charge on any atom is -0.451 e. The number of alkyl halides is 3. The third-order valence-electron chi connectivity index (χ3n) is 6.82. The molecule has 0 saturated carbocycles. The standard InChI is InChI=1S/C29H28F3N5O4/c1-40-28(39)37-25-11-5-10-24(23(25)17-33-37)35-27(38)34-21-15-20-12-13-22(41-29(30,31)32)16-26(20)36(18-21)14-6-9-19-7-3-2-4-8-19/h2-5,7-8,10-13,16-17,21H,6,9,14-15,18H2,1H3,(H2,34,35,38). The summed E-state index contributed by atoms with van der Waals surface area (Å²) in [4.78, 5) is 27.0. The lowest BCUT2D eigenvalue weighted by atomic mass is 9.97. The number of anilines is 2. The molecule has 1 aliphatic rings. The van der Waals surface area contributed by atoms with Crippen molar-refractivity contribution in [3.05, 3.63) is 84.1 Å². The molecule has 41 heavy (non-hydrogen) atoms. The number of amides is 2. The van der Waals surface area contributed by atoms with E-state index >= 15 is 0 Å². The number of halogens is 3. The van der Waals surface area contributed by atoms with Crippen LogP contribution in [-0.2, 0) is 17.6 Å². The average molecular weight is 568 g/mol. The van der Waals surface area contributed by atoms with Crippen LogP contribution in [0.15, 0.2) is 72.9 Å². The number of hydrogen-bond donors (Lipinski definition) is 2. The zero-order valence-corrected chi connectivity index (χ0v) is 22.1. The SMILES string of the molecule is COC(=O)n1ncc2c(NC(=O)NC3Cc4ccc(OC(F)(F)F)cc4N(CCCc4ccccc4)C3)cccc21. The predicted molar refractivity (Wildman–Crippen MR) is 147 cm³/mol. The molecule has 1 unspecified atom stereocenters. The van der Waals surface area contributed by atoms with Gasteiger partial charge in [-0.3, -0.25) is 0 Å². The molecule has 0 bridgehead atoms. The van der Waals surface area contributed by atoms with Gasteiger partial charge in [0.15, 0.2) is 0 Å². The van der Waals surface area contributed by atoms with E-state index in [1.54, 1.807) is 24.3 Å². The Morgan fingerprint density at radius 3 is 2.63 bits per heavy atom. The number of aromatic nitrogens is 2. The number of rotatable bonds is 7. The minimum absolute atomic E-state index is 0.283. The summed E-state index contributed by atoms with van der Waals surface area (Å²) in [7, 11) is 1.25. The first-order valence-corrected chi connectivity index (χ1v) is 13.0. The van der Waals surface area contributed by atoms with Gasteiger partial charge in [0.25, 0.3) is 0 Å². The van der Waals surface area contributed by atoms with Crippen molar-refractivity contribution in [3.63, 3.8) is 0 Å². The molecular formula is C29H28F3N5O4. The van der Waals surface area contributed by atoms with Crippen LogP contribution in [0, 0.1) is 0 Å². The van der Waals surface area contributed by atoms with Crippen molar-refractivity contribution in [2.75, 3.05) is 30.4 Å². The summed E-state index contributed by atoms with van der Waals surface area (Å²) in [5.41, 5.74) is 3.55. The van der Waals surface area contributed by atoms with Crippen LogP contribution in [-0.4, -0.2) is 54.5 Å². The zero-order valence-electron chi connectivity index (χ0n) is 22.1. The molecule has 1 atom stereocenters. The number of aryl methyl sites for hydroxylation is 1. The van der Waals surface area contributed by atoms with Crippen molar-refractivity contribution in [1.82, 2.24) is 15.1 Å². The Balaban J connectivity index is 1.31. The van der Waals surface area contributed by atoms with Gasteiger partial charge in [-0.15, -0.1) is 13.2 Å².